The van der Waals surface area contributed by atoms with E-state index in [0.717, 1.165) is 12.8 Å². The smallest absolute Gasteiger partial charge is 0.360 e. The number of nitrogens with one attached hydrogen (secondary N) is 1. The van der Waals surface area contributed by atoms with Crippen LogP contribution < -0.4 is 10.1 Å². The van der Waals surface area contributed by atoms with Gasteiger partial charge in [0.15, 0.2) is 0 Å². The van der Waals surface area contributed by atoms with Crippen molar-refractivity contribution in [2.45, 2.75) is 52.0 Å². The van der Waals surface area contributed by atoms with Gasteiger partial charge in [-0.1, -0.05) is 40.0 Å². The van der Waals surface area contributed by atoms with E-state index in [0.29, 0.717) is 24.2 Å². The first-order valence-electron chi connectivity index (χ1n) is 8.85. The van der Waals surface area contributed by atoms with Crippen LogP contribution in [0.25, 0.3) is 0 Å². The summed E-state index contributed by atoms with van der Waals surface area (Å²) in [5, 5.41) is 2.12. The predicted molar refractivity (Wildman–Crippen MR) is 104 cm³/mol. The number of rotatable bonds is 12. The van der Waals surface area contributed by atoms with Gasteiger partial charge in [-0.2, -0.15) is 0 Å². The Bertz CT molecular complexity index is 652. The summed E-state index contributed by atoms with van der Waals surface area (Å²) < 4.78 is 28.3. The van der Waals surface area contributed by atoms with Crippen LogP contribution in [-0.2, 0) is 9.13 Å². The lowest BCUT2D eigenvalue weighted by Gasteiger charge is -2.21. The van der Waals surface area contributed by atoms with E-state index in [4.69, 9.17) is 24.3 Å². The van der Waals surface area contributed by atoms with Crippen LogP contribution in [0.4, 0.5) is 5.82 Å². The number of aromatic nitrogens is 1. The van der Waals surface area contributed by atoms with E-state index in [9.17, 15) is 9.13 Å². The number of hydrogen-bond donors (Lipinski definition) is 5. The van der Waals surface area contributed by atoms with Gasteiger partial charge in [0.25, 0.3) is 0 Å². The normalized spacial score (nSPS) is 13.8. The molecule has 27 heavy (non-hydrogen) atoms. The average Bonchev–Trinajstić information content (AvgIpc) is 2.50. The van der Waals surface area contributed by atoms with Crippen LogP contribution in [0.1, 0.15) is 46.5 Å². The minimum absolute atomic E-state index is 0.0888. The summed E-state index contributed by atoms with van der Waals surface area (Å²) in [6.45, 7) is 7.03. The Labute approximate surface area is 159 Å². The molecule has 9 nitrogen and oxygen atoms in total. The molecule has 11 heteroatoms. The van der Waals surface area contributed by atoms with Crippen molar-refractivity contribution >= 4 is 21.0 Å². The fourth-order valence-corrected chi connectivity index (χ4v) is 4.64. The fraction of sp³-hybridized carbons (Fsp3) is 0.688. The summed E-state index contributed by atoms with van der Waals surface area (Å²) in [7, 11) is -10.2. The highest BCUT2D eigenvalue weighted by atomic mass is 31.2. The number of ether oxygens (including phenoxy) is 1. The van der Waals surface area contributed by atoms with Gasteiger partial charge in [0.2, 0.25) is 5.52 Å². The summed E-state index contributed by atoms with van der Waals surface area (Å²) in [5.74, 6) is 1.52. The zero-order valence-electron chi connectivity index (χ0n) is 15.9. The second-order valence-electron chi connectivity index (χ2n) is 7.14. The minimum Gasteiger partial charge on any atom is -0.493 e. The minimum atomic E-state index is -5.09. The molecule has 1 aromatic rings. The van der Waals surface area contributed by atoms with Crippen LogP contribution in [0, 0.1) is 11.8 Å². The molecule has 0 amide bonds. The lowest BCUT2D eigenvalue weighted by atomic mass is 9.98. The first kappa shape index (κ1) is 24.1. The van der Waals surface area contributed by atoms with Crippen molar-refractivity contribution in [3.8, 4) is 5.75 Å². The third kappa shape index (κ3) is 9.70. The van der Waals surface area contributed by atoms with E-state index in [-0.39, 0.29) is 5.82 Å². The molecular formula is C16H30N2O7P2. The first-order valence-corrected chi connectivity index (χ1v) is 12.2. The van der Waals surface area contributed by atoms with Crippen LogP contribution in [0.3, 0.4) is 0 Å². The van der Waals surface area contributed by atoms with Gasteiger partial charge in [0.1, 0.15) is 11.6 Å². The molecule has 156 valence electrons. The molecule has 1 heterocycles. The average molecular weight is 424 g/mol. The standard InChI is InChI=1S/C16H30N2O7P2/c1-12(2)5-4-6-13(3)8-10-25-14-7-9-17-15(11-14)18-16(26(19,20)21)27(22,23)24/h7,9,11-13,16H,4-6,8,10H2,1-3H3,(H,17,18)(H2,19,20,21)(H2,22,23,24). The Morgan fingerprint density at radius 1 is 1.07 bits per heavy atom. The van der Waals surface area contributed by atoms with Crippen molar-refractivity contribution in [3.63, 3.8) is 0 Å². The van der Waals surface area contributed by atoms with Gasteiger partial charge < -0.3 is 29.6 Å². The Hall–Kier alpha value is -0.950. The van der Waals surface area contributed by atoms with Crippen LogP contribution >= 0.6 is 15.2 Å². The van der Waals surface area contributed by atoms with Crippen LogP contribution in [-0.4, -0.2) is 36.7 Å². The maximum Gasteiger partial charge on any atom is 0.360 e. The molecule has 0 aliphatic carbocycles. The van der Waals surface area contributed by atoms with E-state index < -0.39 is 20.7 Å². The maximum atomic E-state index is 11.3. The molecule has 0 bridgehead atoms. The largest absolute Gasteiger partial charge is 0.493 e. The van der Waals surface area contributed by atoms with Gasteiger partial charge in [0, 0.05) is 12.3 Å². The SMILES string of the molecule is CC(C)CCCC(C)CCOc1ccnc(NC(P(=O)(O)O)P(=O)(O)O)c1. The predicted octanol–water partition coefficient (Wildman–Crippen LogP) is 3.36. The molecule has 0 radical (unpaired) electrons. The molecular weight excluding hydrogens is 394 g/mol. The molecule has 1 unspecified atom stereocenters. The monoisotopic (exact) mass is 424 g/mol. The summed E-state index contributed by atoms with van der Waals surface area (Å²) in [6, 6.07) is 2.92. The second-order valence-corrected chi connectivity index (χ2v) is 10.9. The quantitative estimate of drug-likeness (QED) is 0.318. The van der Waals surface area contributed by atoms with Crippen LogP contribution in [0.15, 0.2) is 18.3 Å². The van der Waals surface area contributed by atoms with Gasteiger partial charge in [0.05, 0.1) is 6.61 Å². The molecule has 0 saturated carbocycles. The molecule has 1 aromatic heterocycles. The first-order chi connectivity index (χ1) is 12.4. The van der Waals surface area contributed by atoms with Crippen LogP contribution in [0.5, 0.6) is 5.75 Å². The number of nitrogens with zero attached hydrogens (tertiary/aromatic N) is 1. The highest BCUT2D eigenvalue weighted by Crippen LogP contribution is 2.59. The summed E-state index contributed by atoms with van der Waals surface area (Å²) >= 11 is 0. The molecule has 0 spiro atoms. The van der Waals surface area contributed by atoms with Gasteiger partial charge >= 0.3 is 15.2 Å². The fourth-order valence-electron chi connectivity index (χ4n) is 2.47. The molecule has 0 saturated heterocycles. The van der Waals surface area contributed by atoms with E-state index >= 15 is 0 Å². The Morgan fingerprint density at radius 2 is 1.70 bits per heavy atom. The Morgan fingerprint density at radius 3 is 2.26 bits per heavy atom. The van der Waals surface area contributed by atoms with Crippen molar-refractivity contribution in [2.24, 2.45) is 11.8 Å². The number of hydrogen-bond acceptors (Lipinski definition) is 5. The molecule has 0 aliphatic heterocycles. The van der Waals surface area contributed by atoms with Crippen molar-refractivity contribution < 1.29 is 33.4 Å². The summed E-state index contributed by atoms with van der Waals surface area (Å²) in [4.78, 5) is 40.4. The molecule has 5 N–H and O–H groups in total. The van der Waals surface area contributed by atoms with Crippen molar-refractivity contribution in [1.29, 1.82) is 0 Å². The molecule has 0 fully saturated rings. The van der Waals surface area contributed by atoms with Gasteiger partial charge in [-0.15, -0.1) is 0 Å². The summed E-state index contributed by atoms with van der Waals surface area (Å²) in [5.41, 5.74) is -2.35. The van der Waals surface area contributed by atoms with Crippen molar-refractivity contribution in [3.05, 3.63) is 18.3 Å². The van der Waals surface area contributed by atoms with Crippen LogP contribution in [0.2, 0.25) is 0 Å². The summed E-state index contributed by atoms with van der Waals surface area (Å²) in [6.07, 6.45) is 5.69. The topological polar surface area (TPSA) is 149 Å². The van der Waals surface area contributed by atoms with E-state index in [1.54, 1.807) is 6.07 Å². The van der Waals surface area contributed by atoms with E-state index in [2.05, 4.69) is 31.1 Å². The zero-order valence-corrected chi connectivity index (χ0v) is 17.6. The molecule has 1 atom stereocenters. The molecule has 0 aromatic carbocycles. The van der Waals surface area contributed by atoms with Crippen molar-refractivity contribution in [2.75, 3.05) is 11.9 Å². The molecule has 1 rings (SSSR count). The lowest BCUT2D eigenvalue weighted by Crippen LogP contribution is -2.20. The van der Waals surface area contributed by atoms with Gasteiger partial charge in [-0.05, 0) is 24.3 Å². The van der Waals surface area contributed by atoms with E-state index in [1.165, 1.54) is 25.1 Å². The zero-order chi connectivity index (χ0) is 20.7. The highest BCUT2D eigenvalue weighted by Gasteiger charge is 2.43. The Balaban J connectivity index is 2.59. The Kier molecular flexibility index (Phi) is 9.42. The third-order valence-electron chi connectivity index (χ3n) is 4.00. The molecule has 0 aliphatic rings. The third-order valence-corrected chi connectivity index (χ3v) is 7.34. The van der Waals surface area contributed by atoms with Gasteiger partial charge in [-0.3, -0.25) is 9.13 Å². The number of anilines is 1. The highest BCUT2D eigenvalue weighted by molar-refractivity contribution is 7.71. The van der Waals surface area contributed by atoms with E-state index in [1.807, 2.05) is 0 Å². The second kappa shape index (κ2) is 10.6. The number of pyridine rings is 1. The van der Waals surface area contributed by atoms with Crippen molar-refractivity contribution in [1.82, 2.24) is 4.98 Å². The maximum absolute atomic E-state index is 11.3. The van der Waals surface area contributed by atoms with Gasteiger partial charge in [-0.25, -0.2) is 4.98 Å². The lowest BCUT2D eigenvalue weighted by molar-refractivity contribution is 0.275.